The maximum Gasteiger partial charge on any atom is 0.242 e. The summed E-state index contributed by atoms with van der Waals surface area (Å²) in [6.45, 7) is 3.78. The molecule has 0 saturated carbocycles. The molecule has 0 N–H and O–H groups in total. The minimum absolute atomic E-state index is 2.67. The van der Waals surface area contributed by atoms with E-state index in [4.69, 9.17) is 0 Å². The highest BCUT2D eigenvalue weighted by atomic mass is 19.3. The van der Waals surface area contributed by atoms with Gasteiger partial charge in [0.05, 0.1) is 0 Å². The summed E-state index contributed by atoms with van der Waals surface area (Å²) >= 11 is 0. The van der Waals surface area contributed by atoms with Crippen LogP contribution < -0.4 is 0 Å². The molecule has 4 heavy (non-hydrogen) atoms. The summed E-state index contributed by atoms with van der Waals surface area (Å²) < 4.78 is 20.2. The van der Waals surface area contributed by atoms with Crippen LogP contribution in [-0.2, 0) is 0 Å². The largest absolute Gasteiger partial charge is 0.242 e. The average Bonchev–Trinajstić information content (AvgIpc) is 0.811. The Hall–Kier alpha value is -0.140. The highest BCUT2D eigenvalue weighted by Crippen LogP contribution is 1.81. The maximum atomic E-state index is 10.1. The van der Waals surface area contributed by atoms with Crippen LogP contribution in [-0.4, -0.2) is 6.43 Å². The molecule has 0 fully saturated rings. The zero-order valence-corrected chi connectivity index (χ0v) is 1.91. The zero-order valence-electron chi connectivity index (χ0n) is 1.91. The number of alkyl halides is 2. The lowest BCUT2D eigenvalue weighted by molar-refractivity contribution is 0.201. The van der Waals surface area contributed by atoms with Gasteiger partial charge in [-0.15, -0.1) is 0 Å². The van der Waals surface area contributed by atoms with Crippen molar-refractivity contribution in [3.05, 3.63) is 6.92 Å². The van der Waals surface area contributed by atoms with Crippen molar-refractivity contribution in [1.82, 2.24) is 0 Å². The van der Waals surface area contributed by atoms with E-state index in [-0.39, 0.29) is 0 Å². The van der Waals surface area contributed by atoms with Crippen LogP contribution in [0.25, 0.3) is 0 Å². The quantitative estimate of drug-likeness (QED) is 0.393. The van der Waals surface area contributed by atoms with E-state index in [1.807, 2.05) is 0 Å². The minimum atomic E-state index is -2.67. The number of hydrogen-bond donors (Lipinski definition) is 0. The van der Waals surface area contributed by atoms with Crippen molar-refractivity contribution >= 4 is 0 Å². The maximum absolute atomic E-state index is 10.1. The van der Waals surface area contributed by atoms with Crippen molar-refractivity contribution in [2.45, 2.75) is 6.43 Å². The molecule has 0 nitrogen and oxygen atoms in total. The molecule has 2 heteroatoms. The molecule has 0 rings (SSSR count). The van der Waals surface area contributed by atoms with Crippen LogP contribution in [0.1, 0.15) is 0 Å². The Labute approximate surface area is 23.4 Å². The molecule has 0 aliphatic heterocycles. The van der Waals surface area contributed by atoms with Gasteiger partial charge in [-0.3, -0.25) is 0 Å². The second-order valence-corrected chi connectivity index (χ2v) is 0.334. The molecule has 0 aliphatic rings. The first-order chi connectivity index (χ1) is 1.73. The molecule has 0 aromatic rings. The molecule has 0 heterocycles. The van der Waals surface area contributed by atoms with E-state index < -0.39 is 6.43 Å². The summed E-state index contributed by atoms with van der Waals surface area (Å²) in [6.07, 6.45) is -2.67. The molecule has 0 aliphatic carbocycles. The van der Waals surface area contributed by atoms with Crippen molar-refractivity contribution in [3.8, 4) is 0 Å². The fourth-order valence-corrected chi connectivity index (χ4v) is 0. The molecule has 0 aromatic carbocycles. The lowest BCUT2D eigenvalue weighted by Crippen LogP contribution is -1.70. The molecular weight excluding hydrogens is 62.0 g/mol. The summed E-state index contributed by atoms with van der Waals surface area (Å²) in [7, 11) is 0. The molecule has 0 amide bonds. The van der Waals surface area contributed by atoms with Gasteiger partial charge in [0.15, 0.2) is 0 Å². The third kappa shape index (κ3) is 70.2. The fraction of sp³-hybridized carbons (Fsp3) is 0.500. The van der Waals surface area contributed by atoms with Gasteiger partial charge in [-0.25, -0.2) is 8.78 Å². The lowest BCUT2D eigenvalue weighted by atomic mass is 10.9. The number of hydrogen-bond acceptors (Lipinski definition) is 0. The van der Waals surface area contributed by atoms with Crippen LogP contribution in [0.2, 0.25) is 0 Å². The Morgan fingerprint density at radius 3 is 1.50 bits per heavy atom. The summed E-state index contributed by atoms with van der Waals surface area (Å²) in [5.41, 5.74) is 0. The molecule has 24 valence electrons. The monoisotopic (exact) mass is 64.0 g/mol. The second-order valence-electron chi connectivity index (χ2n) is 0.334. The minimum Gasteiger partial charge on any atom is -0.210 e. The first kappa shape index (κ1) is 3.86. The van der Waals surface area contributed by atoms with Gasteiger partial charge in [0, 0.05) is 6.92 Å². The van der Waals surface area contributed by atoms with Crippen LogP contribution in [0, 0.1) is 6.92 Å². The summed E-state index contributed by atoms with van der Waals surface area (Å²) in [5, 5.41) is 0. The van der Waals surface area contributed by atoms with Crippen LogP contribution in [0.15, 0.2) is 0 Å². The standard InChI is InChI=1S/C2H2F2/c1-2(3)4/h1-2H. The van der Waals surface area contributed by atoms with E-state index in [2.05, 4.69) is 6.92 Å². The number of halogens is 2. The van der Waals surface area contributed by atoms with Gasteiger partial charge in [-0.05, 0) is 0 Å². The van der Waals surface area contributed by atoms with Crippen LogP contribution in [0.4, 0.5) is 8.78 Å². The van der Waals surface area contributed by atoms with Gasteiger partial charge in [-0.2, -0.15) is 0 Å². The molecule has 2 radical (unpaired) electrons. The fourth-order valence-electron chi connectivity index (χ4n) is 0. The predicted molar refractivity (Wildman–Crippen MR) is 10.3 cm³/mol. The van der Waals surface area contributed by atoms with E-state index in [1.54, 1.807) is 0 Å². The Kier molecular flexibility index (Phi) is 1.17. The van der Waals surface area contributed by atoms with E-state index >= 15 is 0 Å². The average molecular weight is 64.0 g/mol. The molecule has 0 bridgehead atoms. The normalized spacial score (nSPS) is 9.00. The van der Waals surface area contributed by atoms with Gasteiger partial charge in [0.2, 0.25) is 6.43 Å². The summed E-state index contributed by atoms with van der Waals surface area (Å²) in [6, 6.07) is 0. The van der Waals surface area contributed by atoms with Crippen molar-refractivity contribution in [3.63, 3.8) is 0 Å². The Bertz CT molecular complexity index is 8.75. The topological polar surface area (TPSA) is 0 Å². The lowest BCUT2D eigenvalue weighted by Gasteiger charge is -1.69. The van der Waals surface area contributed by atoms with Crippen LogP contribution in [0.5, 0.6) is 0 Å². The molecule has 0 spiro atoms. The summed E-state index contributed by atoms with van der Waals surface area (Å²) in [5.74, 6) is 0. The van der Waals surface area contributed by atoms with Crippen molar-refractivity contribution in [1.29, 1.82) is 0 Å². The highest BCUT2D eigenvalue weighted by molar-refractivity contribution is 4.30. The smallest absolute Gasteiger partial charge is 0.210 e. The van der Waals surface area contributed by atoms with Gasteiger partial charge in [-0.1, -0.05) is 0 Å². The predicted octanol–water partition coefficient (Wildman–Crippen LogP) is 0.963. The SMILES string of the molecule is [CH]C(F)F. The molecule has 0 saturated heterocycles. The van der Waals surface area contributed by atoms with Crippen molar-refractivity contribution in [2.24, 2.45) is 0 Å². The van der Waals surface area contributed by atoms with Gasteiger partial charge < -0.3 is 0 Å². The van der Waals surface area contributed by atoms with Gasteiger partial charge in [0.25, 0.3) is 0 Å². The van der Waals surface area contributed by atoms with Gasteiger partial charge in [0.1, 0.15) is 0 Å². The Morgan fingerprint density at radius 1 is 1.50 bits per heavy atom. The molecular formula is C2H2F2. The summed E-state index contributed by atoms with van der Waals surface area (Å²) in [4.78, 5) is 0. The van der Waals surface area contributed by atoms with Crippen LogP contribution in [0.3, 0.4) is 0 Å². The van der Waals surface area contributed by atoms with E-state index in [1.165, 1.54) is 0 Å². The molecule has 0 unspecified atom stereocenters. The third-order valence-corrected chi connectivity index (χ3v) is 0. The zero-order chi connectivity index (χ0) is 3.58. The third-order valence-electron chi connectivity index (χ3n) is 0. The first-order valence-electron chi connectivity index (χ1n) is 0.770. The van der Waals surface area contributed by atoms with Crippen molar-refractivity contribution < 1.29 is 8.78 Å². The molecule has 0 atom stereocenters. The molecule has 0 aromatic heterocycles. The Morgan fingerprint density at radius 2 is 1.50 bits per heavy atom. The first-order valence-corrected chi connectivity index (χ1v) is 0.770. The second kappa shape index (κ2) is 1.21. The van der Waals surface area contributed by atoms with Crippen molar-refractivity contribution in [2.75, 3.05) is 0 Å². The highest BCUT2D eigenvalue weighted by Gasteiger charge is 1.80. The van der Waals surface area contributed by atoms with Gasteiger partial charge >= 0.3 is 0 Å². The number of rotatable bonds is 0. The van der Waals surface area contributed by atoms with E-state index in [0.29, 0.717) is 0 Å². The van der Waals surface area contributed by atoms with Crippen LogP contribution >= 0.6 is 0 Å². The Balaban J connectivity index is 2.32. The van der Waals surface area contributed by atoms with E-state index in [0.717, 1.165) is 0 Å². The van der Waals surface area contributed by atoms with E-state index in [9.17, 15) is 8.78 Å².